The van der Waals surface area contributed by atoms with Gasteiger partial charge in [-0.2, -0.15) is 17.5 Å². The van der Waals surface area contributed by atoms with E-state index in [2.05, 4.69) is 5.32 Å². The summed E-state index contributed by atoms with van der Waals surface area (Å²) in [7, 11) is -3.48. The molecular weight excluding hydrogens is 417 g/mol. The predicted molar refractivity (Wildman–Crippen MR) is 107 cm³/mol. The van der Waals surface area contributed by atoms with Gasteiger partial charge in [0.15, 0.2) is 0 Å². The highest BCUT2D eigenvalue weighted by molar-refractivity contribution is 7.89. The Morgan fingerprint density at radius 2 is 1.70 bits per heavy atom. The molecule has 0 spiro atoms. The van der Waals surface area contributed by atoms with Crippen molar-refractivity contribution in [1.29, 1.82) is 0 Å². The zero-order valence-corrected chi connectivity index (χ0v) is 17.8. The number of sulfonamides is 1. The molecule has 1 aromatic carbocycles. The first-order chi connectivity index (χ1) is 14.2. The SMILES string of the molecule is O=C(CCc1ccc(S(=O)(=O)N2CCCCC2)cc1)NC1CCCC(C(F)(F)F)C1. The monoisotopic (exact) mass is 446 g/mol. The Morgan fingerprint density at radius 3 is 2.33 bits per heavy atom. The van der Waals surface area contributed by atoms with Crippen LogP contribution in [0.3, 0.4) is 0 Å². The van der Waals surface area contributed by atoms with E-state index in [4.69, 9.17) is 0 Å². The minimum absolute atomic E-state index is 0.0572. The molecule has 3 rings (SSSR count). The Morgan fingerprint density at radius 1 is 1.03 bits per heavy atom. The molecule has 0 aromatic heterocycles. The molecule has 5 nitrogen and oxygen atoms in total. The topological polar surface area (TPSA) is 66.5 Å². The quantitative estimate of drug-likeness (QED) is 0.718. The Balaban J connectivity index is 1.49. The van der Waals surface area contributed by atoms with Gasteiger partial charge in [-0.15, -0.1) is 0 Å². The molecule has 0 radical (unpaired) electrons. The molecule has 1 N–H and O–H groups in total. The molecule has 1 saturated heterocycles. The van der Waals surface area contributed by atoms with Crippen LogP contribution < -0.4 is 5.32 Å². The summed E-state index contributed by atoms with van der Waals surface area (Å²) in [6.45, 7) is 1.08. The molecule has 1 aliphatic carbocycles. The molecule has 1 heterocycles. The first-order valence-corrected chi connectivity index (χ1v) is 12.1. The van der Waals surface area contributed by atoms with Gasteiger partial charge in [0, 0.05) is 25.6 Å². The number of halogens is 3. The van der Waals surface area contributed by atoms with Crippen LogP contribution in [0.4, 0.5) is 13.2 Å². The number of rotatable bonds is 6. The average Bonchev–Trinajstić information content (AvgIpc) is 2.73. The summed E-state index contributed by atoms with van der Waals surface area (Å²) in [6.07, 6.45) is 0.250. The minimum atomic E-state index is -4.21. The van der Waals surface area contributed by atoms with Crippen molar-refractivity contribution in [2.24, 2.45) is 5.92 Å². The Hall–Kier alpha value is -1.61. The smallest absolute Gasteiger partial charge is 0.353 e. The highest BCUT2D eigenvalue weighted by Crippen LogP contribution is 2.37. The molecule has 2 atom stereocenters. The maximum absolute atomic E-state index is 12.9. The lowest BCUT2D eigenvalue weighted by Crippen LogP contribution is -2.41. The van der Waals surface area contributed by atoms with E-state index in [1.807, 2.05) is 0 Å². The van der Waals surface area contributed by atoms with Crippen LogP contribution in [0.25, 0.3) is 0 Å². The van der Waals surface area contributed by atoms with Crippen LogP contribution in [0.1, 0.15) is 56.9 Å². The Kier molecular flexibility index (Phi) is 7.44. The van der Waals surface area contributed by atoms with Gasteiger partial charge in [0.05, 0.1) is 10.8 Å². The lowest BCUT2D eigenvalue weighted by molar-refractivity contribution is -0.184. The van der Waals surface area contributed by atoms with Crippen molar-refractivity contribution in [1.82, 2.24) is 9.62 Å². The predicted octanol–water partition coefficient (Wildman–Crippen LogP) is 4.03. The van der Waals surface area contributed by atoms with Crippen LogP contribution >= 0.6 is 0 Å². The fraction of sp³-hybridized carbons (Fsp3) is 0.667. The lowest BCUT2D eigenvalue weighted by atomic mass is 9.85. The van der Waals surface area contributed by atoms with Gasteiger partial charge in [0.1, 0.15) is 0 Å². The Bertz CT molecular complexity index is 819. The third kappa shape index (κ3) is 5.97. The summed E-state index contributed by atoms with van der Waals surface area (Å²) in [5.41, 5.74) is 0.819. The van der Waals surface area contributed by atoms with Crippen molar-refractivity contribution in [3.05, 3.63) is 29.8 Å². The molecule has 1 aromatic rings. The molecule has 0 bridgehead atoms. The molecule has 1 amide bonds. The van der Waals surface area contributed by atoms with Gasteiger partial charge >= 0.3 is 6.18 Å². The number of nitrogens with one attached hydrogen (secondary N) is 1. The number of benzene rings is 1. The molecule has 30 heavy (non-hydrogen) atoms. The van der Waals surface area contributed by atoms with E-state index < -0.39 is 28.2 Å². The summed E-state index contributed by atoms with van der Waals surface area (Å²) < 4.78 is 65.5. The number of nitrogens with zero attached hydrogens (tertiary/aromatic N) is 1. The number of carbonyl (C=O) groups is 1. The number of piperidine rings is 1. The highest BCUT2D eigenvalue weighted by Gasteiger charge is 2.42. The van der Waals surface area contributed by atoms with E-state index in [1.165, 1.54) is 4.31 Å². The summed E-state index contributed by atoms with van der Waals surface area (Å²) in [6, 6.07) is 6.09. The lowest BCUT2D eigenvalue weighted by Gasteiger charge is -2.31. The van der Waals surface area contributed by atoms with Gasteiger partial charge < -0.3 is 5.32 Å². The zero-order chi connectivity index (χ0) is 21.8. The summed E-state index contributed by atoms with van der Waals surface area (Å²) in [5, 5.41) is 2.73. The van der Waals surface area contributed by atoms with Crippen LogP contribution in [0, 0.1) is 5.92 Å². The number of alkyl halides is 3. The third-order valence-electron chi connectivity index (χ3n) is 6.02. The third-order valence-corrected chi connectivity index (χ3v) is 7.93. The van der Waals surface area contributed by atoms with Crippen molar-refractivity contribution in [3.63, 3.8) is 0 Å². The fourth-order valence-electron chi connectivity index (χ4n) is 4.26. The van der Waals surface area contributed by atoms with E-state index in [9.17, 15) is 26.4 Å². The Labute approximate surface area is 176 Å². The van der Waals surface area contributed by atoms with E-state index in [-0.39, 0.29) is 30.1 Å². The standard InChI is InChI=1S/C21H29F3N2O3S/c22-21(23,24)17-5-4-6-18(15-17)25-20(27)12-9-16-7-10-19(11-8-16)30(28,29)26-13-2-1-3-14-26/h7-8,10-11,17-18H,1-6,9,12-15H2,(H,25,27). The number of aryl methyl sites for hydroxylation is 1. The van der Waals surface area contributed by atoms with Crippen molar-refractivity contribution < 1.29 is 26.4 Å². The van der Waals surface area contributed by atoms with Crippen LogP contribution in [0.15, 0.2) is 29.2 Å². The molecular formula is C21H29F3N2O3S. The molecule has 1 saturated carbocycles. The second-order valence-corrected chi connectivity index (χ2v) is 10.2. The number of hydrogen-bond donors (Lipinski definition) is 1. The van der Waals surface area contributed by atoms with E-state index >= 15 is 0 Å². The van der Waals surface area contributed by atoms with Gasteiger partial charge in [-0.05, 0) is 56.2 Å². The highest BCUT2D eigenvalue weighted by atomic mass is 32.2. The largest absolute Gasteiger partial charge is 0.391 e. The molecule has 9 heteroatoms. The maximum Gasteiger partial charge on any atom is 0.391 e. The van der Waals surface area contributed by atoms with E-state index in [0.717, 1.165) is 24.8 Å². The van der Waals surface area contributed by atoms with Crippen molar-refractivity contribution in [3.8, 4) is 0 Å². The number of amides is 1. The normalized spacial score (nSPS) is 23.8. The fourth-order valence-corrected chi connectivity index (χ4v) is 5.78. The van der Waals surface area contributed by atoms with Gasteiger partial charge in [0.2, 0.25) is 15.9 Å². The van der Waals surface area contributed by atoms with Crippen LogP contribution in [0.5, 0.6) is 0 Å². The first kappa shape index (κ1) is 23.1. The molecule has 2 aliphatic rings. The maximum atomic E-state index is 12.9. The first-order valence-electron chi connectivity index (χ1n) is 10.6. The van der Waals surface area contributed by atoms with Gasteiger partial charge in [0.25, 0.3) is 0 Å². The van der Waals surface area contributed by atoms with Crippen molar-refractivity contribution in [2.75, 3.05) is 13.1 Å². The van der Waals surface area contributed by atoms with Gasteiger partial charge in [-0.1, -0.05) is 25.0 Å². The van der Waals surface area contributed by atoms with Crippen molar-refractivity contribution >= 4 is 15.9 Å². The van der Waals surface area contributed by atoms with Crippen LogP contribution in [0.2, 0.25) is 0 Å². The van der Waals surface area contributed by atoms with E-state index in [1.54, 1.807) is 24.3 Å². The molecule has 1 aliphatic heterocycles. The average molecular weight is 447 g/mol. The molecule has 2 unspecified atom stereocenters. The molecule has 168 valence electrons. The van der Waals surface area contributed by atoms with E-state index in [0.29, 0.717) is 32.4 Å². The number of hydrogen-bond acceptors (Lipinski definition) is 3. The molecule has 2 fully saturated rings. The van der Waals surface area contributed by atoms with Crippen LogP contribution in [-0.4, -0.2) is 43.9 Å². The van der Waals surface area contributed by atoms with Gasteiger partial charge in [-0.3, -0.25) is 4.79 Å². The summed E-state index contributed by atoms with van der Waals surface area (Å²) in [4.78, 5) is 12.4. The minimum Gasteiger partial charge on any atom is -0.353 e. The second-order valence-electron chi connectivity index (χ2n) is 8.28. The van der Waals surface area contributed by atoms with Crippen LogP contribution in [-0.2, 0) is 21.2 Å². The van der Waals surface area contributed by atoms with Gasteiger partial charge in [-0.25, -0.2) is 8.42 Å². The van der Waals surface area contributed by atoms with Crippen molar-refractivity contribution in [2.45, 2.75) is 74.9 Å². The number of carbonyl (C=O) groups excluding carboxylic acids is 1. The summed E-state index contributed by atoms with van der Waals surface area (Å²) >= 11 is 0. The second kappa shape index (κ2) is 9.68. The summed E-state index contributed by atoms with van der Waals surface area (Å²) in [5.74, 6) is -1.61. The zero-order valence-electron chi connectivity index (χ0n) is 17.0.